The van der Waals surface area contributed by atoms with E-state index in [0.29, 0.717) is 11.3 Å². The van der Waals surface area contributed by atoms with Gasteiger partial charge in [-0.25, -0.2) is 4.68 Å². The van der Waals surface area contributed by atoms with Gasteiger partial charge in [-0.1, -0.05) is 47.7 Å². The maximum absolute atomic E-state index is 13.7. The number of aromatic nitrogens is 5. The maximum atomic E-state index is 13.7. The quantitative estimate of drug-likeness (QED) is 0.337. The van der Waals surface area contributed by atoms with Crippen LogP contribution in [0.1, 0.15) is 28.9 Å². The molecule has 0 saturated carbocycles. The molecule has 6 aromatic rings. The van der Waals surface area contributed by atoms with Crippen LogP contribution in [0.25, 0.3) is 44.2 Å². The predicted octanol–water partition coefficient (Wildman–Crippen LogP) is 5.74. The summed E-state index contributed by atoms with van der Waals surface area (Å²) in [4.78, 5) is 22.6. The fraction of sp³-hybridized carbons (Fsp3) is 0.100. The van der Waals surface area contributed by atoms with Gasteiger partial charge in [0.2, 0.25) is 0 Å². The highest BCUT2D eigenvalue weighted by Gasteiger charge is 2.19. The molecule has 1 amide bonds. The molecule has 0 saturated heterocycles. The van der Waals surface area contributed by atoms with Gasteiger partial charge in [0.25, 0.3) is 5.91 Å². The number of nitrogens with zero attached hydrogens (tertiary/aromatic N) is 5. The van der Waals surface area contributed by atoms with E-state index in [9.17, 15) is 4.79 Å². The van der Waals surface area contributed by atoms with E-state index in [1.165, 1.54) is 5.39 Å². The Kier molecular flexibility index (Phi) is 5.65. The van der Waals surface area contributed by atoms with Crippen LogP contribution in [0.2, 0.25) is 0 Å². The van der Waals surface area contributed by atoms with Crippen LogP contribution in [0.4, 0.5) is 0 Å². The molecule has 0 fully saturated rings. The summed E-state index contributed by atoms with van der Waals surface area (Å²) >= 11 is 0. The molecule has 0 spiro atoms. The standard InChI is InChI=1S/C30H24N6O/c1-19(21-10-9-20-6-3-4-7-22(20)14-21)33-30(37)26-15-25(18-32-29(26)24-8-5-13-31-17-24)23-11-12-27-28(16-23)36(2)35-34-27/h3-19H,1-2H3,(H,33,37)/t19-/m1/s1. The topological polar surface area (TPSA) is 85.6 Å². The number of benzene rings is 3. The van der Waals surface area contributed by atoms with Gasteiger partial charge in [-0.15, -0.1) is 5.10 Å². The van der Waals surface area contributed by atoms with Gasteiger partial charge < -0.3 is 5.32 Å². The molecule has 3 aromatic carbocycles. The van der Waals surface area contributed by atoms with Gasteiger partial charge in [-0.2, -0.15) is 0 Å². The van der Waals surface area contributed by atoms with Crippen LogP contribution < -0.4 is 5.32 Å². The van der Waals surface area contributed by atoms with Gasteiger partial charge in [-0.3, -0.25) is 14.8 Å². The lowest BCUT2D eigenvalue weighted by atomic mass is 9.99. The summed E-state index contributed by atoms with van der Waals surface area (Å²) < 4.78 is 1.73. The van der Waals surface area contributed by atoms with E-state index < -0.39 is 0 Å². The van der Waals surface area contributed by atoms with E-state index >= 15 is 0 Å². The second-order valence-corrected chi connectivity index (χ2v) is 9.08. The highest BCUT2D eigenvalue weighted by Crippen LogP contribution is 2.29. The Morgan fingerprint density at radius 1 is 0.865 bits per heavy atom. The second kappa shape index (κ2) is 9.28. The van der Waals surface area contributed by atoms with Gasteiger partial charge in [-0.05, 0) is 65.2 Å². The maximum Gasteiger partial charge on any atom is 0.253 e. The highest BCUT2D eigenvalue weighted by atomic mass is 16.1. The van der Waals surface area contributed by atoms with Crippen molar-refractivity contribution in [2.24, 2.45) is 7.05 Å². The molecule has 37 heavy (non-hydrogen) atoms. The van der Waals surface area contributed by atoms with Crippen LogP contribution in [-0.2, 0) is 7.05 Å². The SMILES string of the molecule is C[C@@H](NC(=O)c1cc(-c2ccc3nnn(C)c3c2)cnc1-c1cccnc1)c1ccc2ccccc2c1. The normalized spacial score (nSPS) is 12.1. The average Bonchev–Trinajstić information content (AvgIpc) is 3.32. The first-order valence-electron chi connectivity index (χ1n) is 12.1. The fourth-order valence-electron chi connectivity index (χ4n) is 4.57. The minimum absolute atomic E-state index is 0.195. The fourth-order valence-corrected chi connectivity index (χ4v) is 4.57. The summed E-state index contributed by atoms with van der Waals surface area (Å²) in [7, 11) is 1.86. The van der Waals surface area contributed by atoms with Gasteiger partial charge >= 0.3 is 0 Å². The van der Waals surface area contributed by atoms with E-state index in [4.69, 9.17) is 4.98 Å². The number of hydrogen-bond acceptors (Lipinski definition) is 5. The Morgan fingerprint density at radius 3 is 2.57 bits per heavy atom. The molecule has 7 nitrogen and oxygen atoms in total. The van der Waals surface area contributed by atoms with Gasteiger partial charge in [0.05, 0.1) is 22.8 Å². The van der Waals surface area contributed by atoms with Crippen molar-refractivity contribution >= 4 is 27.7 Å². The Morgan fingerprint density at radius 2 is 1.73 bits per heavy atom. The zero-order valence-corrected chi connectivity index (χ0v) is 20.5. The van der Waals surface area contributed by atoms with Gasteiger partial charge in [0.1, 0.15) is 5.52 Å². The number of fused-ring (bicyclic) bond motifs is 2. The van der Waals surface area contributed by atoms with E-state index in [1.54, 1.807) is 23.3 Å². The predicted molar refractivity (Wildman–Crippen MR) is 145 cm³/mol. The van der Waals surface area contributed by atoms with Crippen molar-refractivity contribution in [3.8, 4) is 22.4 Å². The van der Waals surface area contributed by atoms with E-state index in [-0.39, 0.29) is 11.9 Å². The summed E-state index contributed by atoms with van der Waals surface area (Å²) in [6, 6.07) is 25.8. The lowest BCUT2D eigenvalue weighted by molar-refractivity contribution is 0.0940. The first kappa shape index (κ1) is 22.5. The van der Waals surface area contributed by atoms with Crippen LogP contribution in [0, 0.1) is 0 Å². The molecule has 1 atom stereocenters. The zero-order chi connectivity index (χ0) is 25.4. The number of hydrogen-bond donors (Lipinski definition) is 1. The van der Waals surface area contributed by atoms with Crippen molar-refractivity contribution in [1.29, 1.82) is 0 Å². The molecule has 0 aliphatic heterocycles. The molecule has 3 aromatic heterocycles. The van der Waals surface area contributed by atoms with Crippen molar-refractivity contribution in [3.05, 3.63) is 109 Å². The lowest BCUT2D eigenvalue weighted by Crippen LogP contribution is -2.27. The van der Waals surface area contributed by atoms with Crippen molar-refractivity contribution in [2.45, 2.75) is 13.0 Å². The second-order valence-electron chi connectivity index (χ2n) is 9.08. The molecule has 6 rings (SSSR count). The summed E-state index contributed by atoms with van der Waals surface area (Å²) in [5.41, 5.74) is 6.37. The summed E-state index contributed by atoms with van der Waals surface area (Å²) in [5.74, 6) is -0.197. The largest absolute Gasteiger partial charge is 0.345 e. The summed E-state index contributed by atoms with van der Waals surface area (Å²) in [5, 5.41) is 13.7. The Labute approximate surface area is 213 Å². The zero-order valence-electron chi connectivity index (χ0n) is 20.5. The number of nitrogens with one attached hydrogen (secondary N) is 1. The number of rotatable bonds is 5. The Hall–Kier alpha value is -4.91. The smallest absolute Gasteiger partial charge is 0.253 e. The molecular weight excluding hydrogens is 460 g/mol. The van der Waals surface area contributed by atoms with Gasteiger partial charge in [0, 0.05) is 36.8 Å². The molecule has 0 aliphatic rings. The molecule has 0 bridgehead atoms. The molecule has 7 heteroatoms. The van der Waals surface area contributed by atoms with Crippen molar-refractivity contribution in [3.63, 3.8) is 0 Å². The number of aryl methyl sites for hydroxylation is 1. The van der Waals surface area contributed by atoms with E-state index in [2.05, 4.69) is 50.9 Å². The third-order valence-corrected chi connectivity index (χ3v) is 6.63. The van der Waals surface area contributed by atoms with Crippen molar-refractivity contribution in [1.82, 2.24) is 30.3 Å². The summed E-state index contributed by atoms with van der Waals surface area (Å²) in [6.07, 6.45) is 5.21. The minimum atomic E-state index is -0.197. The molecule has 0 aliphatic carbocycles. The van der Waals surface area contributed by atoms with Crippen molar-refractivity contribution in [2.75, 3.05) is 0 Å². The van der Waals surface area contributed by atoms with E-state index in [1.807, 2.05) is 62.5 Å². The molecule has 0 unspecified atom stereocenters. The number of pyridine rings is 2. The van der Waals surface area contributed by atoms with Crippen LogP contribution in [0.5, 0.6) is 0 Å². The molecular formula is C30H24N6O. The molecule has 0 radical (unpaired) electrons. The van der Waals surface area contributed by atoms with Crippen LogP contribution in [-0.4, -0.2) is 30.9 Å². The van der Waals surface area contributed by atoms with Crippen molar-refractivity contribution < 1.29 is 4.79 Å². The average molecular weight is 485 g/mol. The number of carbonyl (C=O) groups is 1. The van der Waals surface area contributed by atoms with Crippen LogP contribution in [0.15, 0.2) is 97.5 Å². The minimum Gasteiger partial charge on any atom is -0.345 e. The molecule has 3 heterocycles. The third kappa shape index (κ3) is 4.31. The first-order chi connectivity index (χ1) is 18.1. The van der Waals surface area contributed by atoms with Crippen LogP contribution in [0.3, 0.4) is 0 Å². The van der Waals surface area contributed by atoms with Gasteiger partial charge in [0.15, 0.2) is 0 Å². The summed E-state index contributed by atoms with van der Waals surface area (Å²) in [6.45, 7) is 1.99. The third-order valence-electron chi connectivity index (χ3n) is 6.63. The highest BCUT2D eigenvalue weighted by molar-refractivity contribution is 6.01. The van der Waals surface area contributed by atoms with Crippen LogP contribution >= 0.6 is 0 Å². The number of carbonyl (C=O) groups excluding carboxylic acids is 1. The monoisotopic (exact) mass is 484 g/mol. The molecule has 1 N–H and O–H groups in total. The first-order valence-corrected chi connectivity index (χ1v) is 12.1. The number of amides is 1. The molecule has 180 valence electrons. The lowest BCUT2D eigenvalue weighted by Gasteiger charge is -2.17. The van der Waals surface area contributed by atoms with E-state index in [0.717, 1.165) is 38.7 Å². The Balaban J connectivity index is 1.38. The Bertz CT molecular complexity index is 1760.